The summed E-state index contributed by atoms with van der Waals surface area (Å²) in [7, 11) is 0. The molecule has 0 aromatic heterocycles. The van der Waals surface area contributed by atoms with Crippen molar-refractivity contribution in [2.45, 2.75) is 31.7 Å². The molecule has 0 spiro atoms. The van der Waals surface area contributed by atoms with Gasteiger partial charge in [0.15, 0.2) is 0 Å². The third-order valence-corrected chi connectivity index (χ3v) is 2.23. The highest BCUT2D eigenvalue weighted by molar-refractivity contribution is 4.83. The van der Waals surface area contributed by atoms with Gasteiger partial charge >= 0.3 is 0 Å². The van der Waals surface area contributed by atoms with Crippen molar-refractivity contribution in [3.05, 3.63) is 0 Å². The van der Waals surface area contributed by atoms with Gasteiger partial charge in [-0.15, -0.1) is 12.3 Å². The van der Waals surface area contributed by atoms with Crippen molar-refractivity contribution >= 4 is 0 Å². The van der Waals surface area contributed by atoms with Gasteiger partial charge in [0.2, 0.25) is 0 Å². The molecule has 0 radical (unpaired) electrons. The SMILES string of the molecule is C#CCCCNCC1CCCN1. The molecule has 1 atom stereocenters. The number of hydrogen-bond acceptors (Lipinski definition) is 2. The van der Waals surface area contributed by atoms with Gasteiger partial charge in [-0.25, -0.2) is 0 Å². The summed E-state index contributed by atoms with van der Waals surface area (Å²) in [5.41, 5.74) is 0. The summed E-state index contributed by atoms with van der Waals surface area (Å²) in [5.74, 6) is 2.64. The molecule has 1 aliphatic rings. The van der Waals surface area contributed by atoms with Crippen LogP contribution in [0.15, 0.2) is 0 Å². The van der Waals surface area contributed by atoms with E-state index < -0.39 is 0 Å². The van der Waals surface area contributed by atoms with Crippen molar-refractivity contribution in [2.75, 3.05) is 19.6 Å². The molecule has 0 aliphatic carbocycles. The summed E-state index contributed by atoms with van der Waals surface area (Å²) in [6, 6.07) is 0.704. The minimum absolute atomic E-state index is 0.704. The van der Waals surface area contributed by atoms with E-state index in [0.717, 1.165) is 25.9 Å². The molecule has 1 fully saturated rings. The van der Waals surface area contributed by atoms with Crippen molar-refractivity contribution in [1.82, 2.24) is 10.6 Å². The highest BCUT2D eigenvalue weighted by Crippen LogP contribution is 2.02. The molecule has 2 N–H and O–H groups in total. The predicted molar refractivity (Wildman–Crippen MR) is 52.0 cm³/mol. The molecule has 0 bridgehead atoms. The molecule has 0 amide bonds. The van der Waals surface area contributed by atoms with Crippen LogP contribution in [0.2, 0.25) is 0 Å². The van der Waals surface area contributed by atoms with E-state index in [2.05, 4.69) is 16.6 Å². The molecule has 1 unspecified atom stereocenters. The van der Waals surface area contributed by atoms with Crippen LogP contribution in [0.5, 0.6) is 0 Å². The number of rotatable bonds is 5. The Balaban J connectivity index is 1.85. The second-order valence-corrected chi connectivity index (χ2v) is 3.31. The van der Waals surface area contributed by atoms with Crippen LogP contribution in [0.1, 0.15) is 25.7 Å². The van der Waals surface area contributed by atoms with E-state index in [1.54, 1.807) is 0 Å². The second-order valence-electron chi connectivity index (χ2n) is 3.31. The van der Waals surface area contributed by atoms with Gasteiger partial charge in [0.1, 0.15) is 0 Å². The van der Waals surface area contributed by atoms with Gasteiger partial charge < -0.3 is 10.6 Å². The van der Waals surface area contributed by atoms with Crippen LogP contribution in [0, 0.1) is 12.3 Å². The van der Waals surface area contributed by atoms with Gasteiger partial charge in [0.05, 0.1) is 0 Å². The first-order chi connectivity index (χ1) is 5.93. The van der Waals surface area contributed by atoms with E-state index >= 15 is 0 Å². The number of unbranched alkanes of at least 4 members (excludes halogenated alkanes) is 1. The lowest BCUT2D eigenvalue weighted by atomic mass is 10.2. The first kappa shape index (κ1) is 9.57. The van der Waals surface area contributed by atoms with Crippen molar-refractivity contribution in [3.8, 4) is 12.3 Å². The molecule has 2 nitrogen and oxygen atoms in total. The summed E-state index contributed by atoms with van der Waals surface area (Å²) in [6.07, 6.45) is 9.79. The summed E-state index contributed by atoms with van der Waals surface area (Å²) in [5, 5.41) is 6.85. The minimum Gasteiger partial charge on any atom is -0.315 e. The summed E-state index contributed by atoms with van der Waals surface area (Å²) in [4.78, 5) is 0. The maximum atomic E-state index is 5.14. The normalized spacial score (nSPS) is 22.4. The lowest BCUT2D eigenvalue weighted by Gasteiger charge is -2.10. The van der Waals surface area contributed by atoms with Crippen molar-refractivity contribution in [2.24, 2.45) is 0 Å². The zero-order valence-corrected chi connectivity index (χ0v) is 7.60. The fourth-order valence-electron chi connectivity index (χ4n) is 1.52. The summed E-state index contributed by atoms with van der Waals surface area (Å²) >= 11 is 0. The molecular weight excluding hydrogens is 148 g/mol. The molecule has 2 heteroatoms. The molecule has 68 valence electrons. The Labute approximate surface area is 75.1 Å². The van der Waals surface area contributed by atoms with Crippen molar-refractivity contribution in [3.63, 3.8) is 0 Å². The maximum absolute atomic E-state index is 5.14. The Morgan fingerprint density at radius 1 is 1.58 bits per heavy atom. The zero-order valence-electron chi connectivity index (χ0n) is 7.60. The fourth-order valence-corrected chi connectivity index (χ4v) is 1.52. The Hall–Kier alpha value is -0.520. The molecule has 0 saturated carbocycles. The molecular formula is C10H18N2. The lowest BCUT2D eigenvalue weighted by Crippen LogP contribution is -2.34. The lowest BCUT2D eigenvalue weighted by molar-refractivity contribution is 0.531. The Morgan fingerprint density at radius 3 is 3.17 bits per heavy atom. The Morgan fingerprint density at radius 2 is 2.50 bits per heavy atom. The average Bonchev–Trinajstić information content (AvgIpc) is 2.57. The first-order valence-electron chi connectivity index (χ1n) is 4.81. The van der Waals surface area contributed by atoms with E-state index in [0.29, 0.717) is 6.04 Å². The maximum Gasteiger partial charge on any atom is 0.0192 e. The smallest absolute Gasteiger partial charge is 0.0192 e. The van der Waals surface area contributed by atoms with Crippen molar-refractivity contribution in [1.29, 1.82) is 0 Å². The third-order valence-electron chi connectivity index (χ3n) is 2.23. The number of terminal acetylenes is 1. The van der Waals surface area contributed by atoms with Gasteiger partial charge in [-0.3, -0.25) is 0 Å². The second kappa shape index (κ2) is 6.05. The quantitative estimate of drug-likeness (QED) is 0.465. The summed E-state index contributed by atoms with van der Waals surface area (Å²) < 4.78 is 0. The Bertz CT molecular complexity index is 142. The van der Waals surface area contributed by atoms with Gasteiger partial charge in [0.25, 0.3) is 0 Å². The Kier molecular flexibility index (Phi) is 4.82. The standard InChI is InChI=1S/C10H18N2/c1-2-3-4-7-11-9-10-6-5-8-12-10/h1,10-12H,3-9H2. The van der Waals surface area contributed by atoms with Gasteiger partial charge in [-0.05, 0) is 32.4 Å². The molecule has 1 aliphatic heterocycles. The van der Waals surface area contributed by atoms with E-state index in [1.165, 1.54) is 19.4 Å². The highest BCUT2D eigenvalue weighted by atomic mass is 15.0. The van der Waals surface area contributed by atoms with E-state index in [4.69, 9.17) is 6.42 Å². The molecule has 12 heavy (non-hydrogen) atoms. The van der Waals surface area contributed by atoms with Gasteiger partial charge in [-0.1, -0.05) is 0 Å². The molecule has 1 saturated heterocycles. The van der Waals surface area contributed by atoms with Crippen molar-refractivity contribution < 1.29 is 0 Å². The average molecular weight is 166 g/mol. The number of nitrogens with one attached hydrogen (secondary N) is 2. The van der Waals surface area contributed by atoms with Gasteiger partial charge in [-0.2, -0.15) is 0 Å². The van der Waals surface area contributed by atoms with E-state index in [-0.39, 0.29) is 0 Å². The topological polar surface area (TPSA) is 24.1 Å². The van der Waals surface area contributed by atoms with Crippen LogP contribution >= 0.6 is 0 Å². The van der Waals surface area contributed by atoms with E-state index in [9.17, 15) is 0 Å². The molecule has 1 rings (SSSR count). The molecule has 1 heterocycles. The molecule has 0 aromatic carbocycles. The highest BCUT2D eigenvalue weighted by Gasteiger charge is 2.12. The van der Waals surface area contributed by atoms with Crippen LogP contribution in [0.3, 0.4) is 0 Å². The largest absolute Gasteiger partial charge is 0.315 e. The fraction of sp³-hybridized carbons (Fsp3) is 0.800. The van der Waals surface area contributed by atoms with Crippen LogP contribution in [0.4, 0.5) is 0 Å². The van der Waals surface area contributed by atoms with Crippen LogP contribution in [-0.2, 0) is 0 Å². The van der Waals surface area contributed by atoms with Crippen LogP contribution in [-0.4, -0.2) is 25.7 Å². The zero-order chi connectivity index (χ0) is 8.65. The predicted octanol–water partition coefficient (Wildman–Crippen LogP) is 0.741. The minimum atomic E-state index is 0.704. The van der Waals surface area contributed by atoms with Crippen LogP contribution in [0.25, 0.3) is 0 Å². The van der Waals surface area contributed by atoms with Crippen LogP contribution < -0.4 is 10.6 Å². The third kappa shape index (κ3) is 3.75. The van der Waals surface area contributed by atoms with E-state index in [1.807, 2.05) is 0 Å². The monoisotopic (exact) mass is 166 g/mol. The van der Waals surface area contributed by atoms with Gasteiger partial charge in [0, 0.05) is 19.0 Å². The molecule has 0 aromatic rings. The number of hydrogen-bond donors (Lipinski definition) is 2. The summed E-state index contributed by atoms with van der Waals surface area (Å²) in [6.45, 7) is 3.35. The first-order valence-corrected chi connectivity index (χ1v) is 4.81.